The number of benzene rings is 1. The highest BCUT2D eigenvalue weighted by Crippen LogP contribution is 2.19. The lowest BCUT2D eigenvalue weighted by Gasteiger charge is -2.28. The van der Waals surface area contributed by atoms with E-state index < -0.39 is 0 Å². The van der Waals surface area contributed by atoms with Crippen LogP contribution in [0.25, 0.3) is 5.65 Å². The molecule has 3 aromatic rings. The van der Waals surface area contributed by atoms with E-state index in [4.69, 9.17) is 0 Å². The van der Waals surface area contributed by atoms with Crippen LogP contribution in [0, 0.1) is 6.92 Å². The van der Waals surface area contributed by atoms with Gasteiger partial charge in [-0.3, -0.25) is 0 Å². The number of carbonyl (C=O) groups is 1. The van der Waals surface area contributed by atoms with Gasteiger partial charge in [0.1, 0.15) is 0 Å². The van der Waals surface area contributed by atoms with Crippen molar-refractivity contribution in [2.45, 2.75) is 32.7 Å². The van der Waals surface area contributed by atoms with Crippen molar-refractivity contribution in [3.05, 3.63) is 65.1 Å². The van der Waals surface area contributed by atoms with E-state index in [0.717, 1.165) is 41.9 Å². The molecule has 134 valence electrons. The number of nitrogens with zero attached hydrogens (tertiary/aromatic N) is 4. The number of aromatic nitrogens is 3. The SMILES string of the molecule is Cc1cc2ncc3c(n2n1)CCN(C(=O)NCCCc1ccccc1)C3. The molecule has 6 heteroatoms. The molecular weight excluding hydrogens is 326 g/mol. The van der Waals surface area contributed by atoms with Gasteiger partial charge in [0.15, 0.2) is 5.65 Å². The highest BCUT2D eigenvalue weighted by Gasteiger charge is 2.23. The van der Waals surface area contributed by atoms with Crippen LogP contribution < -0.4 is 5.32 Å². The first-order valence-electron chi connectivity index (χ1n) is 9.10. The average Bonchev–Trinajstić information content (AvgIpc) is 3.06. The first kappa shape index (κ1) is 16.6. The molecule has 6 nitrogen and oxygen atoms in total. The fourth-order valence-corrected chi connectivity index (χ4v) is 3.47. The van der Waals surface area contributed by atoms with Crippen LogP contribution in [0.3, 0.4) is 0 Å². The minimum atomic E-state index is 0.000421. The van der Waals surface area contributed by atoms with Gasteiger partial charge >= 0.3 is 6.03 Å². The van der Waals surface area contributed by atoms with Crippen LogP contribution in [0.1, 0.15) is 28.9 Å². The molecule has 0 fully saturated rings. The van der Waals surface area contributed by atoms with Crippen molar-refractivity contribution in [3.63, 3.8) is 0 Å². The number of urea groups is 1. The van der Waals surface area contributed by atoms with Crippen LogP contribution in [0.15, 0.2) is 42.6 Å². The maximum absolute atomic E-state index is 12.5. The number of rotatable bonds is 4. The molecule has 0 radical (unpaired) electrons. The Morgan fingerprint density at radius 3 is 2.96 bits per heavy atom. The maximum Gasteiger partial charge on any atom is 0.317 e. The summed E-state index contributed by atoms with van der Waals surface area (Å²) in [5.41, 5.74) is 5.38. The summed E-state index contributed by atoms with van der Waals surface area (Å²) in [4.78, 5) is 18.8. The second-order valence-electron chi connectivity index (χ2n) is 6.78. The van der Waals surface area contributed by atoms with Gasteiger partial charge in [0.25, 0.3) is 0 Å². The number of nitrogens with one attached hydrogen (secondary N) is 1. The lowest BCUT2D eigenvalue weighted by molar-refractivity contribution is 0.191. The molecule has 3 heterocycles. The molecular formula is C20H23N5O. The molecule has 1 N–H and O–H groups in total. The Morgan fingerprint density at radius 2 is 2.12 bits per heavy atom. The fraction of sp³-hybridized carbons (Fsp3) is 0.350. The first-order valence-corrected chi connectivity index (χ1v) is 9.10. The third kappa shape index (κ3) is 3.40. The number of amides is 2. The van der Waals surface area contributed by atoms with E-state index in [1.54, 1.807) is 0 Å². The second kappa shape index (κ2) is 7.15. The molecule has 0 saturated carbocycles. The smallest absolute Gasteiger partial charge is 0.317 e. The van der Waals surface area contributed by atoms with Gasteiger partial charge < -0.3 is 10.2 Å². The summed E-state index contributed by atoms with van der Waals surface area (Å²) >= 11 is 0. The van der Waals surface area contributed by atoms with Gasteiger partial charge in [-0.05, 0) is 25.3 Å². The lowest BCUT2D eigenvalue weighted by Crippen LogP contribution is -2.43. The van der Waals surface area contributed by atoms with Crippen molar-refractivity contribution in [1.82, 2.24) is 24.8 Å². The van der Waals surface area contributed by atoms with E-state index >= 15 is 0 Å². The van der Waals surface area contributed by atoms with E-state index in [1.807, 2.05) is 46.8 Å². The van der Waals surface area contributed by atoms with Crippen molar-refractivity contribution in [2.75, 3.05) is 13.1 Å². The zero-order valence-electron chi connectivity index (χ0n) is 15.0. The zero-order valence-corrected chi connectivity index (χ0v) is 15.0. The summed E-state index contributed by atoms with van der Waals surface area (Å²) in [6.45, 7) is 3.95. The first-order chi connectivity index (χ1) is 12.7. The summed E-state index contributed by atoms with van der Waals surface area (Å²) in [7, 11) is 0. The largest absolute Gasteiger partial charge is 0.338 e. The molecule has 0 bridgehead atoms. The van der Waals surface area contributed by atoms with Crippen molar-refractivity contribution < 1.29 is 4.79 Å². The number of aryl methyl sites for hydroxylation is 2. The van der Waals surface area contributed by atoms with E-state index in [0.29, 0.717) is 19.6 Å². The van der Waals surface area contributed by atoms with Crippen molar-refractivity contribution in [1.29, 1.82) is 0 Å². The molecule has 0 aliphatic carbocycles. The predicted octanol–water partition coefficient (Wildman–Crippen LogP) is 2.74. The van der Waals surface area contributed by atoms with Crippen LogP contribution in [0.5, 0.6) is 0 Å². The molecule has 0 unspecified atom stereocenters. The van der Waals surface area contributed by atoms with Gasteiger partial charge in [-0.25, -0.2) is 14.3 Å². The second-order valence-corrected chi connectivity index (χ2v) is 6.78. The molecule has 2 amide bonds. The Balaban J connectivity index is 1.33. The van der Waals surface area contributed by atoms with E-state index in [-0.39, 0.29) is 6.03 Å². The molecule has 2 aromatic heterocycles. The van der Waals surface area contributed by atoms with Crippen LogP contribution in [0.4, 0.5) is 4.79 Å². The molecule has 1 aromatic carbocycles. The summed E-state index contributed by atoms with van der Waals surface area (Å²) in [6.07, 6.45) is 4.59. The Kier molecular flexibility index (Phi) is 4.56. The average molecular weight is 349 g/mol. The summed E-state index contributed by atoms with van der Waals surface area (Å²) in [6, 6.07) is 12.3. The predicted molar refractivity (Wildman–Crippen MR) is 100.0 cm³/mol. The summed E-state index contributed by atoms with van der Waals surface area (Å²) in [5, 5.41) is 7.56. The van der Waals surface area contributed by atoms with Crippen LogP contribution in [-0.2, 0) is 19.4 Å². The minimum absolute atomic E-state index is 0.000421. The van der Waals surface area contributed by atoms with Gasteiger partial charge in [0.2, 0.25) is 0 Å². The third-order valence-electron chi connectivity index (χ3n) is 4.82. The Labute approximate surface area is 152 Å². The van der Waals surface area contributed by atoms with Gasteiger partial charge in [-0.2, -0.15) is 5.10 Å². The zero-order chi connectivity index (χ0) is 17.9. The van der Waals surface area contributed by atoms with Gasteiger partial charge in [-0.1, -0.05) is 30.3 Å². The van der Waals surface area contributed by atoms with Gasteiger partial charge in [0, 0.05) is 37.3 Å². The van der Waals surface area contributed by atoms with Crippen molar-refractivity contribution in [2.24, 2.45) is 0 Å². The van der Waals surface area contributed by atoms with Crippen molar-refractivity contribution >= 4 is 11.7 Å². The molecule has 26 heavy (non-hydrogen) atoms. The monoisotopic (exact) mass is 349 g/mol. The Morgan fingerprint density at radius 1 is 1.27 bits per heavy atom. The van der Waals surface area contributed by atoms with E-state index in [1.165, 1.54) is 5.56 Å². The Hall–Kier alpha value is -2.89. The highest BCUT2D eigenvalue weighted by molar-refractivity contribution is 5.74. The van der Waals surface area contributed by atoms with Crippen molar-refractivity contribution in [3.8, 4) is 0 Å². The third-order valence-corrected chi connectivity index (χ3v) is 4.82. The van der Waals surface area contributed by atoms with Crippen LogP contribution in [-0.4, -0.2) is 38.6 Å². The number of hydrogen-bond donors (Lipinski definition) is 1. The maximum atomic E-state index is 12.5. The molecule has 0 atom stereocenters. The molecule has 0 spiro atoms. The normalized spacial score (nSPS) is 13.7. The quantitative estimate of drug-likeness (QED) is 0.737. The fourth-order valence-electron chi connectivity index (χ4n) is 3.47. The van der Waals surface area contributed by atoms with E-state index in [9.17, 15) is 4.79 Å². The summed E-state index contributed by atoms with van der Waals surface area (Å²) in [5.74, 6) is 0. The van der Waals surface area contributed by atoms with Crippen LogP contribution >= 0.6 is 0 Å². The highest BCUT2D eigenvalue weighted by atomic mass is 16.2. The lowest BCUT2D eigenvalue weighted by atomic mass is 10.1. The Bertz CT molecular complexity index is 919. The molecule has 1 aliphatic rings. The molecule has 4 rings (SSSR count). The van der Waals surface area contributed by atoms with Gasteiger partial charge in [0.05, 0.1) is 17.9 Å². The number of hydrogen-bond acceptors (Lipinski definition) is 3. The van der Waals surface area contributed by atoms with E-state index in [2.05, 4.69) is 27.5 Å². The van der Waals surface area contributed by atoms with Crippen LogP contribution in [0.2, 0.25) is 0 Å². The summed E-state index contributed by atoms with van der Waals surface area (Å²) < 4.78 is 1.92. The molecule has 1 aliphatic heterocycles. The minimum Gasteiger partial charge on any atom is -0.338 e. The van der Waals surface area contributed by atoms with Gasteiger partial charge in [-0.15, -0.1) is 0 Å². The topological polar surface area (TPSA) is 62.5 Å². The number of carbonyl (C=O) groups excluding carboxylic acids is 1. The molecule has 0 saturated heterocycles. The number of fused-ring (bicyclic) bond motifs is 3. The standard InChI is InChI=1S/C20H23N5O/c1-15-12-19-22-13-17-14-24(11-9-18(17)25(19)23-15)20(26)21-10-5-8-16-6-3-2-4-7-16/h2-4,6-7,12-13H,5,8-11,14H2,1H3,(H,21,26).